The highest BCUT2D eigenvalue weighted by Crippen LogP contribution is 2.26. The number of rotatable bonds is 3. The molecule has 0 heterocycles. The van der Waals surface area contributed by atoms with E-state index in [4.69, 9.17) is 20.5 Å². The van der Waals surface area contributed by atoms with E-state index in [1.165, 1.54) is 0 Å². The second-order valence-corrected chi connectivity index (χ2v) is 3.25. The molecule has 0 aromatic heterocycles. The van der Waals surface area contributed by atoms with Crippen molar-refractivity contribution in [2.45, 2.75) is 6.92 Å². The zero-order valence-electron chi connectivity index (χ0n) is 9.57. The topological polar surface area (TPSA) is 68.3 Å². The lowest BCUT2D eigenvalue weighted by Gasteiger charge is -2.09. The molecule has 0 unspecified atom stereocenters. The number of methoxy groups -OCH3 is 2. The van der Waals surface area contributed by atoms with Crippen molar-refractivity contribution in [3.8, 4) is 17.6 Å². The van der Waals surface area contributed by atoms with Crippen LogP contribution in [-0.2, 0) is 0 Å². The van der Waals surface area contributed by atoms with Crippen molar-refractivity contribution >= 4 is 5.70 Å². The highest BCUT2D eigenvalue weighted by atomic mass is 16.5. The molecule has 84 valence electrons. The van der Waals surface area contributed by atoms with Crippen molar-refractivity contribution in [1.29, 1.82) is 5.26 Å². The van der Waals surface area contributed by atoms with Gasteiger partial charge < -0.3 is 15.2 Å². The minimum absolute atomic E-state index is 0.430. The summed E-state index contributed by atoms with van der Waals surface area (Å²) in [7, 11) is 3.13. The Labute approximate surface area is 94.9 Å². The van der Waals surface area contributed by atoms with Crippen LogP contribution in [-0.4, -0.2) is 14.2 Å². The van der Waals surface area contributed by atoms with E-state index >= 15 is 0 Å². The largest absolute Gasteiger partial charge is 0.497 e. The monoisotopic (exact) mass is 218 g/mol. The Morgan fingerprint density at radius 3 is 2.06 bits per heavy atom. The minimum atomic E-state index is 0.430. The Kier molecular flexibility index (Phi) is 3.78. The van der Waals surface area contributed by atoms with Crippen LogP contribution < -0.4 is 15.2 Å². The van der Waals surface area contributed by atoms with Crippen LogP contribution in [0.15, 0.2) is 23.8 Å². The summed E-state index contributed by atoms with van der Waals surface area (Å²) in [6.07, 6.45) is 0. The number of nitrogens with two attached hydrogens (primary N) is 1. The highest BCUT2D eigenvalue weighted by molar-refractivity contribution is 5.70. The van der Waals surface area contributed by atoms with Crippen LogP contribution >= 0.6 is 0 Å². The molecule has 16 heavy (non-hydrogen) atoms. The number of allylic oxidation sites excluding steroid dienone is 1. The first kappa shape index (κ1) is 11.9. The number of hydrogen-bond donors (Lipinski definition) is 1. The fourth-order valence-corrected chi connectivity index (χ4v) is 1.24. The number of ether oxygens (including phenoxy) is 2. The maximum Gasteiger partial charge on any atom is 0.123 e. The van der Waals surface area contributed by atoms with Crippen LogP contribution in [0.1, 0.15) is 12.5 Å². The SMILES string of the molecule is COc1cc(OC)cc(/C(N)=C(/C)C#N)c1. The highest BCUT2D eigenvalue weighted by Gasteiger charge is 2.06. The third-order valence-electron chi connectivity index (χ3n) is 2.23. The van der Waals surface area contributed by atoms with Gasteiger partial charge in [0.2, 0.25) is 0 Å². The van der Waals surface area contributed by atoms with Gasteiger partial charge in [-0.2, -0.15) is 5.26 Å². The molecule has 0 amide bonds. The molecular formula is C12H14N2O2. The lowest BCUT2D eigenvalue weighted by molar-refractivity contribution is 0.394. The maximum absolute atomic E-state index is 8.77. The van der Waals surface area contributed by atoms with Gasteiger partial charge in [0.1, 0.15) is 11.5 Å². The summed E-state index contributed by atoms with van der Waals surface area (Å²) in [5.41, 5.74) is 7.46. The summed E-state index contributed by atoms with van der Waals surface area (Å²) < 4.78 is 10.2. The Morgan fingerprint density at radius 1 is 1.19 bits per heavy atom. The molecule has 1 aromatic rings. The van der Waals surface area contributed by atoms with Gasteiger partial charge in [0.25, 0.3) is 0 Å². The van der Waals surface area contributed by atoms with Gasteiger partial charge >= 0.3 is 0 Å². The normalized spacial score (nSPS) is 11.4. The number of nitrogens with zero attached hydrogens (tertiary/aromatic N) is 1. The van der Waals surface area contributed by atoms with Gasteiger partial charge in [-0.05, 0) is 19.1 Å². The fraction of sp³-hybridized carbons (Fsp3) is 0.250. The standard InChI is InChI=1S/C12H14N2O2/c1-8(7-13)12(14)9-4-10(15-2)6-11(5-9)16-3/h4-6H,14H2,1-3H3/b12-8+. The van der Waals surface area contributed by atoms with E-state index in [2.05, 4.69) is 0 Å². The second kappa shape index (κ2) is 5.08. The first-order valence-electron chi connectivity index (χ1n) is 4.72. The van der Waals surface area contributed by atoms with Crippen LogP contribution in [0, 0.1) is 11.3 Å². The zero-order chi connectivity index (χ0) is 12.1. The van der Waals surface area contributed by atoms with E-state index in [0.717, 1.165) is 5.56 Å². The van der Waals surface area contributed by atoms with E-state index in [1.807, 2.05) is 6.07 Å². The fourth-order valence-electron chi connectivity index (χ4n) is 1.24. The molecule has 0 fully saturated rings. The summed E-state index contributed by atoms with van der Waals surface area (Å²) in [6, 6.07) is 7.28. The predicted molar refractivity (Wildman–Crippen MR) is 61.9 cm³/mol. The summed E-state index contributed by atoms with van der Waals surface area (Å²) in [6.45, 7) is 1.67. The van der Waals surface area contributed by atoms with Crippen LogP contribution in [0.5, 0.6) is 11.5 Å². The molecule has 0 saturated carbocycles. The van der Waals surface area contributed by atoms with E-state index in [1.54, 1.807) is 39.3 Å². The van der Waals surface area contributed by atoms with Gasteiger partial charge in [-0.3, -0.25) is 0 Å². The molecular weight excluding hydrogens is 204 g/mol. The Morgan fingerprint density at radius 2 is 1.69 bits per heavy atom. The molecule has 4 heteroatoms. The first-order valence-corrected chi connectivity index (χ1v) is 4.72. The summed E-state index contributed by atoms with van der Waals surface area (Å²) in [4.78, 5) is 0. The van der Waals surface area contributed by atoms with Crippen molar-refractivity contribution in [3.05, 3.63) is 29.3 Å². The molecule has 0 saturated heterocycles. The summed E-state index contributed by atoms with van der Waals surface area (Å²) in [5, 5.41) is 8.77. The Bertz CT molecular complexity index is 436. The lowest BCUT2D eigenvalue weighted by atomic mass is 10.1. The molecule has 2 N–H and O–H groups in total. The summed E-state index contributed by atoms with van der Waals surface area (Å²) in [5.74, 6) is 1.28. The van der Waals surface area contributed by atoms with Gasteiger partial charge in [-0.1, -0.05) is 0 Å². The van der Waals surface area contributed by atoms with Crippen LogP contribution in [0.3, 0.4) is 0 Å². The number of hydrogen-bond acceptors (Lipinski definition) is 4. The van der Waals surface area contributed by atoms with Gasteiger partial charge in [0, 0.05) is 17.2 Å². The Balaban J connectivity index is 3.30. The van der Waals surface area contributed by atoms with Crippen LogP contribution in [0.4, 0.5) is 0 Å². The molecule has 0 aliphatic carbocycles. The van der Waals surface area contributed by atoms with Gasteiger partial charge in [0.15, 0.2) is 0 Å². The third kappa shape index (κ3) is 2.45. The average Bonchev–Trinajstić information content (AvgIpc) is 2.35. The molecule has 4 nitrogen and oxygen atoms in total. The zero-order valence-corrected chi connectivity index (χ0v) is 9.57. The molecule has 0 aliphatic heterocycles. The van der Waals surface area contributed by atoms with Crippen molar-refractivity contribution in [3.63, 3.8) is 0 Å². The van der Waals surface area contributed by atoms with E-state index in [-0.39, 0.29) is 0 Å². The number of nitriles is 1. The van der Waals surface area contributed by atoms with Crippen molar-refractivity contribution in [2.24, 2.45) is 5.73 Å². The molecule has 0 atom stereocenters. The van der Waals surface area contributed by atoms with Gasteiger partial charge in [-0.25, -0.2) is 0 Å². The third-order valence-corrected chi connectivity index (χ3v) is 2.23. The van der Waals surface area contributed by atoms with Gasteiger partial charge in [-0.15, -0.1) is 0 Å². The van der Waals surface area contributed by atoms with E-state index < -0.39 is 0 Å². The average molecular weight is 218 g/mol. The first-order chi connectivity index (χ1) is 7.62. The Hall–Kier alpha value is -2.15. The van der Waals surface area contributed by atoms with E-state index in [0.29, 0.717) is 22.8 Å². The molecule has 0 bridgehead atoms. The molecule has 0 aliphatic rings. The minimum Gasteiger partial charge on any atom is -0.497 e. The summed E-state index contributed by atoms with van der Waals surface area (Å²) >= 11 is 0. The smallest absolute Gasteiger partial charge is 0.123 e. The molecule has 1 aromatic carbocycles. The number of benzene rings is 1. The van der Waals surface area contributed by atoms with Gasteiger partial charge in [0.05, 0.1) is 26.0 Å². The van der Waals surface area contributed by atoms with Crippen molar-refractivity contribution < 1.29 is 9.47 Å². The molecule has 0 spiro atoms. The quantitative estimate of drug-likeness (QED) is 0.787. The van der Waals surface area contributed by atoms with Crippen LogP contribution in [0.2, 0.25) is 0 Å². The lowest BCUT2D eigenvalue weighted by Crippen LogP contribution is -2.00. The molecule has 0 radical (unpaired) electrons. The van der Waals surface area contributed by atoms with Crippen LogP contribution in [0.25, 0.3) is 5.70 Å². The maximum atomic E-state index is 8.77. The second-order valence-electron chi connectivity index (χ2n) is 3.25. The predicted octanol–water partition coefficient (Wildman–Crippen LogP) is 1.92. The van der Waals surface area contributed by atoms with E-state index in [9.17, 15) is 0 Å². The van der Waals surface area contributed by atoms with Crippen molar-refractivity contribution in [2.75, 3.05) is 14.2 Å². The van der Waals surface area contributed by atoms with Crippen molar-refractivity contribution in [1.82, 2.24) is 0 Å². The molecule has 1 rings (SSSR count).